The van der Waals surface area contributed by atoms with Crippen molar-refractivity contribution >= 4 is 34.0 Å². The monoisotopic (exact) mass is 358 g/mol. The van der Waals surface area contributed by atoms with Gasteiger partial charge in [-0.05, 0) is 24.6 Å². The highest BCUT2D eigenvalue weighted by Crippen LogP contribution is 2.33. The molecule has 7 nitrogen and oxygen atoms in total. The number of pyridine rings is 1. The molecule has 9 heteroatoms. The van der Waals surface area contributed by atoms with E-state index in [9.17, 15) is 9.18 Å². The average Bonchev–Trinajstić information content (AvgIpc) is 2.97. The van der Waals surface area contributed by atoms with Gasteiger partial charge in [0.2, 0.25) is 5.91 Å². The highest BCUT2D eigenvalue weighted by atomic mass is 32.1. The summed E-state index contributed by atoms with van der Waals surface area (Å²) in [5.41, 5.74) is 1.75. The molecule has 0 unspecified atom stereocenters. The molecule has 3 rings (SSSR count). The third-order valence-electron chi connectivity index (χ3n) is 3.15. The van der Waals surface area contributed by atoms with Gasteiger partial charge in [0.25, 0.3) is 0 Å². The van der Waals surface area contributed by atoms with Gasteiger partial charge in [-0.25, -0.2) is 19.3 Å². The maximum atomic E-state index is 13.3. The molecule has 3 aromatic rings. The molecule has 0 aliphatic carbocycles. The second-order valence-corrected chi connectivity index (χ2v) is 6.24. The van der Waals surface area contributed by atoms with Gasteiger partial charge < -0.3 is 10.6 Å². The molecule has 25 heavy (non-hydrogen) atoms. The number of hydrogen-bond acceptors (Lipinski definition) is 7. The number of nitrogens with zero attached hydrogens (tertiary/aromatic N) is 4. The molecule has 0 saturated heterocycles. The maximum Gasteiger partial charge on any atom is 0.223 e. The summed E-state index contributed by atoms with van der Waals surface area (Å²) in [7, 11) is 0. The van der Waals surface area contributed by atoms with Crippen LogP contribution in [0.25, 0.3) is 10.6 Å². The van der Waals surface area contributed by atoms with Crippen molar-refractivity contribution in [2.24, 2.45) is 0 Å². The summed E-state index contributed by atoms with van der Waals surface area (Å²) in [5, 5.41) is 5.96. The summed E-state index contributed by atoms with van der Waals surface area (Å²) in [5.74, 6) is 0.855. The van der Waals surface area contributed by atoms with Crippen LogP contribution >= 0.6 is 11.3 Å². The van der Waals surface area contributed by atoms with Gasteiger partial charge in [-0.1, -0.05) is 11.3 Å². The number of alkyl halides is 1. The number of rotatable bonds is 5. The number of anilines is 3. The molecule has 0 radical (unpaired) electrons. The van der Waals surface area contributed by atoms with Crippen molar-refractivity contribution in [3.8, 4) is 10.6 Å². The SMILES string of the molecule is CC(=O)Nc1nc(CF)c(-c2cncc(Nc3cc(C)ccn3)n2)s1. The van der Waals surface area contributed by atoms with Gasteiger partial charge in [0, 0.05) is 13.1 Å². The minimum Gasteiger partial charge on any atom is -0.324 e. The van der Waals surface area contributed by atoms with Crippen molar-refractivity contribution in [2.45, 2.75) is 20.5 Å². The van der Waals surface area contributed by atoms with Crippen LogP contribution in [0.5, 0.6) is 0 Å². The molecular weight excluding hydrogens is 343 g/mol. The average molecular weight is 358 g/mol. The molecule has 0 saturated carbocycles. The van der Waals surface area contributed by atoms with Crippen molar-refractivity contribution in [3.05, 3.63) is 42.0 Å². The first-order chi connectivity index (χ1) is 12.0. The Labute approximate surface area is 147 Å². The smallest absolute Gasteiger partial charge is 0.223 e. The Bertz CT molecular complexity index is 913. The van der Waals surface area contributed by atoms with E-state index < -0.39 is 6.67 Å². The van der Waals surface area contributed by atoms with Gasteiger partial charge in [0.15, 0.2) is 10.9 Å². The topological polar surface area (TPSA) is 92.7 Å². The Balaban J connectivity index is 1.91. The lowest BCUT2D eigenvalue weighted by Gasteiger charge is -2.06. The normalized spacial score (nSPS) is 10.5. The molecule has 0 aliphatic rings. The molecule has 3 heterocycles. The van der Waals surface area contributed by atoms with Crippen LogP contribution < -0.4 is 10.6 Å². The first-order valence-corrected chi connectivity index (χ1v) is 8.22. The zero-order valence-corrected chi connectivity index (χ0v) is 14.4. The van der Waals surface area contributed by atoms with Crippen LogP contribution in [0.4, 0.5) is 21.2 Å². The van der Waals surface area contributed by atoms with E-state index in [-0.39, 0.29) is 11.6 Å². The number of thiazole rings is 1. The fraction of sp³-hybridized carbons (Fsp3) is 0.188. The van der Waals surface area contributed by atoms with Crippen LogP contribution in [0.2, 0.25) is 0 Å². The van der Waals surface area contributed by atoms with Crippen LogP contribution in [-0.2, 0) is 11.5 Å². The Hall–Kier alpha value is -2.94. The zero-order chi connectivity index (χ0) is 17.8. The summed E-state index contributed by atoms with van der Waals surface area (Å²) >= 11 is 1.15. The van der Waals surface area contributed by atoms with Gasteiger partial charge in [0.05, 0.1) is 23.0 Å². The summed E-state index contributed by atoms with van der Waals surface area (Å²) in [4.78, 5) is 28.6. The van der Waals surface area contributed by atoms with Crippen molar-refractivity contribution < 1.29 is 9.18 Å². The second kappa shape index (κ2) is 7.31. The number of hydrogen-bond donors (Lipinski definition) is 2. The van der Waals surface area contributed by atoms with Crippen molar-refractivity contribution in [1.29, 1.82) is 0 Å². The molecule has 3 aromatic heterocycles. The summed E-state index contributed by atoms with van der Waals surface area (Å²) in [6, 6.07) is 3.77. The fourth-order valence-electron chi connectivity index (χ4n) is 2.12. The molecular formula is C16H15FN6OS. The highest BCUT2D eigenvalue weighted by molar-refractivity contribution is 7.19. The van der Waals surface area contributed by atoms with Crippen molar-refractivity contribution in [1.82, 2.24) is 19.9 Å². The molecule has 0 aromatic carbocycles. The quantitative estimate of drug-likeness (QED) is 0.725. The predicted octanol–water partition coefficient (Wildman–Crippen LogP) is 3.48. The summed E-state index contributed by atoms with van der Waals surface area (Å²) in [6.07, 6.45) is 4.77. The van der Waals surface area contributed by atoms with E-state index in [0.717, 1.165) is 16.9 Å². The Kier molecular flexibility index (Phi) is 4.94. The standard InChI is InChI=1S/C16H15FN6OS/c1-9-3-4-19-13(5-9)23-14-8-18-7-12(21-14)15-11(6-17)22-16(25-15)20-10(2)24/h3-5,7-8H,6H2,1-2H3,(H,19,21,23)(H,20,22,24). The lowest BCUT2D eigenvalue weighted by molar-refractivity contribution is -0.114. The third-order valence-corrected chi connectivity index (χ3v) is 4.18. The third kappa shape index (κ3) is 4.13. The van der Waals surface area contributed by atoms with Gasteiger partial charge in [-0.3, -0.25) is 9.78 Å². The highest BCUT2D eigenvalue weighted by Gasteiger charge is 2.16. The van der Waals surface area contributed by atoms with Crippen molar-refractivity contribution in [3.63, 3.8) is 0 Å². The molecule has 128 valence electrons. The largest absolute Gasteiger partial charge is 0.324 e. The number of aromatic nitrogens is 4. The number of halogens is 1. The van der Waals surface area contributed by atoms with Gasteiger partial charge >= 0.3 is 0 Å². The number of aryl methyl sites for hydroxylation is 1. The van der Waals surface area contributed by atoms with E-state index in [1.165, 1.54) is 13.1 Å². The number of amides is 1. The number of carbonyl (C=O) groups is 1. The van der Waals surface area contributed by atoms with Gasteiger partial charge in [0.1, 0.15) is 18.2 Å². The van der Waals surface area contributed by atoms with E-state index in [0.29, 0.717) is 27.3 Å². The lowest BCUT2D eigenvalue weighted by atomic mass is 10.3. The number of carbonyl (C=O) groups excluding carboxylic acids is 1. The zero-order valence-electron chi connectivity index (χ0n) is 13.6. The van der Waals surface area contributed by atoms with Gasteiger partial charge in [-0.2, -0.15) is 0 Å². The first kappa shape index (κ1) is 16.9. The van der Waals surface area contributed by atoms with Crippen LogP contribution in [-0.4, -0.2) is 25.8 Å². The lowest BCUT2D eigenvalue weighted by Crippen LogP contribution is -2.05. The Morgan fingerprint density at radius 3 is 2.84 bits per heavy atom. The van der Waals surface area contributed by atoms with Crippen LogP contribution in [0.3, 0.4) is 0 Å². The molecule has 1 amide bonds. The minimum absolute atomic E-state index is 0.217. The molecule has 2 N–H and O–H groups in total. The first-order valence-electron chi connectivity index (χ1n) is 7.40. The number of nitrogens with one attached hydrogen (secondary N) is 2. The minimum atomic E-state index is -0.760. The maximum absolute atomic E-state index is 13.3. The predicted molar refractivity (Wildman–Crippen MR) is 94.5 cm³/mol. The van der Waals surface area contributed by atoms with Crippen LogP contribution in [0.1, 0.15) is 18.2 Å². The van der Waals surface area contributed by atoms with Crippen molar-refractivity contribution in [2.75, 3.05) is 10.6 Å². The molecule has 0 atom stereocenters. The molecule has 0 aliphatic heterocycles. The fourth-order valence-corrected chi connectivity index (χ4v) is 3.08. The van der Waals surface area contributed by atoms with E-state index >= 15 is 0 Å². The van der Waals surface area contributed by atoms with Gasteiger partial charge in [-0.15, -0.1) is 0 Å². The van der Waals surface area contributed by atoms with E-state index in [2.05, 4.69) is 30.6 Å². The van der Waals surface area contributed by atoms with Crippen LogP contribution in [0, 0.1) is 6.92 Å². The van der Waals surface area contributed by atoms with E-state index in [1.807, 2.05) is 19.1 Å². The molecule has 0 bridgehead atoms. The molecule has 0 fully saturated rings. The second-order valence-electron chi connectivity index (χ2n) is 5.24. The summed E-state index contributed by atoms with van der Waals surface area (Å²) in [6.45, 7) is 2.57. The Morgan fingerprint density at radius 2 is 2.12 bits per heavy atom. The summed E-state index contributed by atoms with van der Waals surface area (Å²) < 4.78 is 13.3. The van der Waals surface area contributed by atoms with Crippen LogP contribution in [0.15, 0.2) is 30.7 Å². The van der Waals surface area contributed by atoms with E-state index in [1.54, 1.807) is 12.4 Å². The van der Waals surface area contributed by atoms with E-state index in [4.69, 9.17) is 0 Å². The Morgan fingerprint density at radius 1 is 1.28 bits per heavy atom. The molecule has 0 spiro atoms.